The third kappa shape index (κ3) is 1.99. The number of fused-ring (bicyclic) bond motifs is 4. The van der Waals surface area contributed by atoms with Gasteiger partial charge in [-0.05, 0) is 67.0 Å². The van der Waals surface area contributed by atoms with Crippen molar-refractivity contribution in [2.24, 2.45) is 5.92 Å². The van der Waals surface area contributed by atoms with Gasteiger partial charge in [0.2, 0.25) is 0 Å². The van der Waals surface area contributed by atoms with Gasteiger partial charge in [-0.2, -0.15) is 10.2 Å². The zero-order valence-electron chi connectivity index (χ0n) is 13.6. The van der Waals surface area contributed by atoms with Crippen molar-refractivity contribution in [3.63, 3.8) is 0 Å². The van der Waals surface area contributed by atoms with Gasteiger partial charge in [0.25, 0.3) is 0 Å². The van der Waals surface area contributed by atoms with Crippen molar-refractivity contribution < 1.29 is 0 Å². The van der Waals surface area contributed by atoms with Gasteiger partial charge < -0.3 is 5.32 Å². The van der Waals surface area contributed by atoms with Gasteiger partial charge in [-0.15, -0.1) is 0 Å². The van der Waals surface area contributed by atoms with Crippen LogP contribution in [0.4, 0.5) is 0 Å². The number of piperidine rings is 1. The number of benzene rings is 1. The molecule has 3 heteroatoms. The average molecular weight is 293 g/mol. The highest BCUT2D eigenvalue weighted by molar-refractivity contribution is 5.62. The molecule has 2 bridgehead atoms. The minimum atomic E-state index is 0.275. The molecule has 1 fully saturated rings. The standard InChI is InChI=1S/C19H23N3/c1-12-4-7-17(22-21-12)15-6-5-14-11-18-13(2)19(3,8-9-20-18)16(14)10-15/h4-7,10,13,18,20H,8-9,11H2,1-3H3/t13-,18-,19-/m1/s1. The van der Waals surface area contributed by atoms with Crippen molar-refractivity contribution in [1.29, 1.82) is 0 Å². The van der Waals surface area contributed by atoms with E-state index in [9.17, 15) is 0 Å². The van der Waals surface area contributed by atoms with Crippen LogP contribution < -0.4 is 5.32 Å². The topological polar surface area (TPSA) is 37.8 Å². The molecule has 0 amide bonds. The van der Waals surface area contributed by atoms with Crippen LogP contribution in [0.3, 0.4) is 0 Å². The van der Waals surface area contributed by atoms with E-state index in [4.69, 9.17) is 0 Å². The highest BCUT2D eigenvalue weighted by Gasteiger charge is 2.45. The molecule has 1 aliphatic carbocycles. The Bertz CT molecular complexity index is 707. The molecule has 2 heterocycles. The SMILES string of the molecule is Cc1ccc(-c2ccc3c(c2)[C@]2(C)CCN[C@H](C3)[C@H]2C)nn1. The van der Waals surface area contributed by atoms with Crippen LogP contribution in [0.15, 0.2) is 30.3 Å². The first kappa shape index (κ1) is 13.9. The molecule has 0 spiro atoms. The first-order chi connectivity index (χ1) is 10.6. The number of aromatic nitrogens is 2. The summed E-state index contributed by atoms with van der Waals surface area (Å²) in [6.07, 6.45) is 2.35. The molecule has 1 aliphatic heterocycles. The fourth-order valence-electron chi connectivity index (χ4n) is 4.23. The van der Waals surface area contributed by atoms with E-state index in [1.807, 2.05) is 13.0 Å². The zero-order chi connectivity index (χ0) is 15.3. The summed E-state index contributed by atoms with van der Waals surface area (Å²) in [5.41, 5.74) is 6.43. The number of nitrogens with one attached hydrogen (secondary N) is 1. The first-order valence-corrected chi connectivity index (χ1v) is 8.25. The van der Waals surface area contributed by atoms with Crippen LogP contribution in [0.25, 0.3) is 11.3 Å². The number of rotatable bonds is 1. The van der Waals surface area contributed by atoms with Gasteiger partial charge in [-0.25, -0.2) is 0 Å². The molecule has 0 unspecified atom stereocenters. The lowest BCUT2D eigenvalue weighted by Gasteiger charge is -2.50. The molecular weight excluding hydrogens is 270 g/mol. The van der Waals surface area contributed by atoms with E-state index in [2.05, 4.69) is 53.6 Å². The van der Waals surface area contributed by atoms with E-state index in [1.54, 1.807) is 0 Å². The van der Waals surface area contributed by atoms with E-state index in [0.717, 1.165) is 24.4 Å². The van der Waals surface area contributed by atoms with Crippen LogP contribution >= 0.6 is 0 Å². The summed E-state index contributed by atoms with van der Waals surface area (Å²) >= 11 is 0. The molecule has 3 atom stereocenters. The minimum absolute atomic E-state index is 0.275. The van der Waals surface area contributed by atoms with Crippen molar-refractivity contribution >= 4 is 0 Å². The third-order valence-corrected chi connectivity index (χ3v) is 5.92. The number of nitrogens with zero attached hydrogens (tertiary/aromatic N) is 2. The highest BCUT2D eigenvalue weighted by Crippen LogP contribution is 2.46. The predicted molar refractivity (Wildman–Crippen MR) is 88.8 cm³/mol. The Labute approximate surface area is 132 Å². The van der Waals surface area contributed by atoms with E-state index in [0.29, 0.717) is 12.0 Å². The molecule has 4 rings (SSSR count). The molecule has 0 saturated carbocycles. The Hall–Kier alpha value is -1.74. The fraction of sp³-hybridized carbons (Fsp3) is 0.474. The second-order valence-electron chi connectivity index (χ2n) is 7.15. The largest absolute Gasteiger partial charge is 0.313 e. The van der Waals surface area contributed by atoms with Gasteiger partial charge in [0.15, 0.2) is 0 Å². The smallest absolute Gasteiger partial charge is 0.0929 e. The summed E-state index contributed by atoms with van der Waals surface area (Å²) in [6, 6.07) is 11.6. The zero-order valence-corrected chi connectivity index (χ0v) is 13.6. The molecular formula is C19H23N3. The maximum atomic E-state index is 4.36. The number of aryl methyl sites for hydroxylation is 1. The Morgan fingerprint density at radius 2 is 2.05 bits per heavy atom. The third-order valence-electron chi connectivity index (χ3n) is 5.92. The maximum Gasteiger partial charge on any atom is 0.0929 e. The van der Waals surface area contributed by atoms with Crippen LogP contribution in [0.5, 0.6) is 0 Å². The van der Waals surface area contributed by atoms with Crippen LogP contribution in [0, 0.1) is 12.8 Å². The number of hydrogen-bond acceptors (Lipinski definition) is 3. The molecule has 114 valence electrons. The Morgan fingerprint density at radius 1 is 1.18 bits per heavy atom. The molecule has 0 radical (unpaired) electrons. The summed E-state index contributed by atoms with van der Waals surface area (Å²) < 4.78 is 0. The molecule has 2 aromatic rings. The molecule has 1 aromatic heterocycles. The fourth-order valence-corrected chi connectivity index (χ4v) is 4.23. The van der Waals surface area contributed by atoms with Gasteiger partial charge >= 0.3 is 0 Å². The Kier molecular flexibility index (Phi) is 3.08. The molecule has 1 saturated heterocycles. The van der Waals surface area contributed by atoms with Crippen molar-refractivity contribution in [3.8, 4) is 11.3 Å². The molecule has 22 heavy (non-hydrogen) atoms. The van der Waals surface area contributed by atoms with Crippen molar-refractivity contribution in [2.45, 2.75) is 45.1 Å². The summed E-state index contributed by atoms with van der Waals surface area (Å²) in [4.78, 5) is 0. The lowest BCUT2D eigenvalue weighted by molar-refractivity contribution is 0.158. The molecule has 1 aromatic carbocycles. The summed E-state index contributed by atoms with van der Waals surface area (Å²) in [5, 5.41) is 12.3. The van der Waals surface area contributed by atoms with Gasteiger partial charge in [0, 0.05) is 11.6 Å². The first-order valence-electron chi connectivity index (χ1n) is 8.25. The van der Waals surface area contributed by atoms with Crippen molar-refractivity contribution in [3.05, 3.63) is 47.2 Å². The van der Waals surface area contributed by atoms with E-state index >= 15 is 0 Å². The molecule has 2 aliphatic rings. The average Bonchev–Trinajstić information content (AvgIpc) is 2.51. The lowest BCUT2D eigenvalue weighted by atomic mass is 9.59. The van der Waals surface area contributed by atoms with Crippen LogP contribution in [0.1, 0.15) is 37.1 Å². The monoisotopic (exact) mass is 293 g/mol. The Morgan fingerprint density at radius 3 is 2.82 bits per heavy atom. The van der Waals surface area contributed by atoms with Crippen molar-refractivity contribution in [1.82, 2.24) is 15.5 Å². The quantitative estimate of drug-likeness (QED) is 0.877. The highest BCUT2D eigenvalue weighted by atomic mass is 15.1. The van der Waals surface area contributed by atoms with E-state index < -0.39 is 0 Å². The number of hydrogen-bond donors (Lipinski definition) is 1. The lowest BCUT2D eigenvalue weighted by Crippen LogP contribution is -2.56. The van der Waals surface area contributed by atoms with Gasteiger partial charge in [0.05, 0.1) is 11.4 Å². The van der Waals surface area contributed by atoms with Crippen LogP contribution in [0.2, 0.25) is 0 Å². The second-order valence-corrected chi connectivity index (χ2v) is 7.15. The van der Waals surface area contributed by atoms with Crippen LogP contribution in [-0.2, 0) is 11.8 Å². The van der Waals surface area contributed by atoms with Crippen molar-refractivity contribution in [2.75, 3.05) is 6.54 Å². The van der Waals surface area contributed by atoms with Gasteiger partial charge in [-0.1, -0.05) is 26.0 Å². The summed E-state index contributed by atoms with van der Waals surface area (Å²) in [6.45, 7) is 7.94. The minimum Gasteiger partial charge on any atom is -0.313 e. The summed E-state index contributed by atoms with van der Waals surface area (Å²) in [5.74, 6) is 0.674. The van der Waals surface area contributed by atoms with Gasteiger partial charge in [-0.3, -0.25) is 0 Å². The van der Waals surface area contributed by atoms with E-state index in [1.165, 1.54) is 23.1 Å². The summed E-state index contributed by atoms with van der Waals surface area (Å²) in [7, 11) is 0. The maximum absolute atomic E-state index is 4.36. The predicted octanol–water partition coefficient (Wildman–Crippen LogP) is 3.26. The molecule has 3 nitrogen and oxygen atoms in total. The van der Waals surface area contributed by atoms with Crippen LogP contribution in [-0.4, -0.2) is 22.8 Å². The van der Waals surface area contributed by atoms with E-state index in [-0.39, 0.29) is 5.41 Å². The second kappa shape index (κ2) is 4.88. The normalized spacial score (nSPS) is 30.0. The molecule has 1 N–H and O–H groups in total. The van der Waals surface area contributed by atoms with Gasteiger partial charge in [0.1, 0.15) is 0 Å². The Balaban J connectivity index is 1.82.